The van der Waals surface area contributed by atoms with Gasteiger partial charge in [0.05, 0.1) is 0 Å². The molecule has 0 spiro atoms. The van der Waals surface area contributed by atoms with Crippen LogP contribution in [-0.4, -0.2) is 15.0 Å². The van der Waals surface area contributed by atoms with Gasteiger partial charge < -0.3 is 0 Å². The average molecular weight is 218 g/mol. The summed E-state index contributed by atoms with van der Waals surface area (Å²) in [6, 6.07) is 5.97. The predicted molar refractivity (Wildman–Crippen MR) is 51.2 cm³/mol. The first-order valence-corrected chi connectivity index (χ1v) is 5.54. The summed E-state index contributed by atoms with van der Waals surface area (Å²) in [5.74, 6) is -0.335. The molecular formula is C8H11FN2O2S. The van der Waals surface area contributed by atoms with Gasteiger partial charge in [-0.05, 0) is 24.1 Å². The first kappa shape index (κ1) is 11.1. The highest BCUT2D eigenvalue weighted by atomic mass is 32.2. The van der Waals surface area contributed by atoms with Gasteiger partial charge in [-0.15, -0.1) is 0 Å². The van der Waals surface area contributed by atoms with Gasteiger partial charge in [-0.25, -0.2) is 14.3 Å². The molecule has 6 heteroatoms. The van der Waals surface area contributed by atoms with Gasteiger partial charge >= 0.3 is 0 Å². The molecule has 3 N–H and O–H groups in total. The zero-order valence-electron chi connectivity index (χ0n) is 7.40. The molecule has 0 aliphatic carbocycles. The Morgan fingerprint density at radius 1 is 1.43 bits per heavy atom. The van der Waals surface area contributed by atoms with Crippen molar-refractivity contribution in [3.63, 3.8) is 0 Å². The van der Waals surface area contributed by atoms with E-state index in [4.69, 9.17) is 5.14 Å². The van der Waals surface area contributed by atoms with Gasteiger partial charge in [0.1, 0.15) is 5.82 Å². The van der Waals surface area contributed by atoms with Crippen molar-refractivity contribution in [1.29, 1.82) is 0 Å². The fraction of sp³-hybridized carbons (Fsp3) is 0.250. The Morgan fingerprint density at radius 2 is 2.14 bits per heavy atom. The summed E-state index contributed by atoms with van der Waals surface area (Å²) in [5, 5.41) is 4.72. The summed E-state index contributed by atoms with van der Waals surface area (Å²) in [4.78, 5) is 0. The van der Waals surface area contributed by atoms with E-state index in [1.165, 1.54) is 12.1 Å². The lowest BCUT2D eigenvalue weighted by Crippen LogP contribution is -2.32. The lowest BCUT2D eigenvalue weighted by Gasteiger charge is -2.02. The van der Waals surface area contributed by atoms with Crippen LogP contribution in [-0.2, 0) is 16.6 Å². The van der Waals surface area contributed by atoms with Gasteiger partial charge in [-0.1, -0.05) is 12.1 Å². The number of nitrogens with one attached hydrogen (secondary N) is 1. The molecule has 0 unspecified atom stereocenters. The number of hydrogen-bond donors (Lipinski definition) is 2. The Kier molecular flexibility index (Phi) is 3.56. The molecule has 14 heavy (non-hydrogen) atoms. The first-order valence-electron chi connectivity index (χ1n) is 3.99. The fourth-order valence-corrected chi connectivity index (χ4v) is 1.42. The van der Waals surface area contributed by atoms with Crippen molar-refractivity contribution in [2.75, 3.05) is 6.54 Å². The number of benzene rings is 1. The van der Waals surface area contributed by atoms with Crippen LogP contribution in [0.4, 0.5) is 4.39 Å². The number of rotatable bonds is 4. The summed E-state index contributed by atoms with van der Waals surface area (Å²) in [6.07, 6.45) is 0.411. The van der Waals surface area contributed by atoms with Crippen molar-refractivity contribution in [3.05, 3.63) is 35.6 Å². The highest BCUT2D eigenvalue weighted by Gasteiger charge is 2.00. The Labute approximate surface area is 82.1 Å². The van der Waals surface area contributed by atoms with E-state index in [1.807, 2.05) is 0 Å². The van der Waals surface area contributed by atoms with Gasteiger partial charge in [0.2, 0.25) is 0 Å². The zero-order chi connectivity index (χ0) is 10.6. The van der Waals surface area contributed by atoms with E-state index in [-0.39, 0.29) is 12.4 Å². The maximum atomic E-state index is 12.7. The molecule has 78 valence electrons. The molecule has 1 aromatic carbocycles. The summed E-state index contributed by atoms with van der Waals surface area (Å²) in [7, 11) is -3.65. The van der Waals surface area contributed by atoms with Gasteiger partial charge in [0, 0.05) is 6.54 Å². The third-order valence-electron chi connectivity index (χ3n) is 1.61. The highest BCUT2D eigenvalue weighted by molar-refractivity contribution is 7.87. The van der Waals surface area contributed by atoms with Gasteiger partial charge in [-0.3, -0.25) is 0 Å². The van der Waals surface area contributed by atoms with Crippen molar-refractivity contribution in [3.8, 4) is 0 Å². The SMILES string of the molecule is NS(=O)(=O)NCCc1cccc(F)c1. The van der Waals surface area contributed by atoms with Crippen LogP contribution in [0, 0.1) is 5.82 Å². The van der Waals surface area contributed by atoms with Crippen LogP contribution < -0.4 is 9.86 Å². The van der Waals surface area contributed by atoms with Crippen molar-refractivity contribution >= 4 is 10.2 Å². The molecule has 0 amide bonds. The molecule has 0 aliphatic rings. The van der Waals surface area contributed by atoms with E-state index < -0.39 is 10.2 Å². The topological polar surface area (TPSA) is 72.2 Å². The van der Waals surface area contributed by atoms with Crippen LogP contribution in [0.1, 0.15) is 5.56 Å². The van der Waals surface area contributed by atoms with Crippen LogP contribution in [0.3, 0.4) is 0 Å². The van der Waals surface area contributed by atoms with Crippen LogP contribution in [0.2, 0.25) is 0 Å². The molecule has 1 aromatic rings. The minimum Gasteiger partial charge on any atom is -0.216 e. The molecule has 0 radical (unpaired) electrons. The Balaban J connectivity index is 2.47. The minimum atomic E-state index is -3.65. The highest BCUT2D eigenvalue weighted by Crippen LogP contribution is 2.03. The smallest absolute Gasteiger partial charge is 0.216 e. The lowest BCUT2D eigenvalue weighted by molar-refractivity contribution is 0.583. The second-order valence-corrected chi connectivity index (χ2v) is 4.20. The first-order chi connectivity index (χ1) is 6.47. The molecule has 0 heterocycles. The van der Waals surface area contributed by atoms with Gasteiger partial charge in [0.25, 0.3) is 10.2 Å². The van der Waals surface area contributed by atoms with Crippen molar-refractivity contribution < 1.29 is 12.8 Å². The molecule has 0 saturated heterocycles. The Bertz CT molecular complexity index is 406. The van der Waals surface area contributed by atoms with E-state index in [0.717, 1.165) is 5.56 Å². The van der Waals surface area contributed by atoms with E-state index in [1.54, 1.807) is 12.1 Å². The normalized spacial score (nSPS) is 11.6. The molecule has 1 rings (SSSR count). The molecule has 0 fully saturated rings. The summed E-state index contributed by atoms with van der Waals surface area (Å²) < 4.78 is 35.7. The maximum absolute atomic E-state index is 12.7. The van der Waals surface area contributed by atoms with Crippen molar-refractivity contribution in [2.24, 2.45) is 5.14 Å². The monoisotopic (exact) mass is 218 g/mol. The molecule has 0 saturated carbocycles. The Morgan fingerprint density at radius 3 is 2.71 bits per heavy atom. The lowest BCUT2D eigenvalue weighted by atomic mass is 10.1. The van der Waals surface area contributed by atoms with Crippen LogP contribution in [0.15, 0.2) is 24.3 Å². The standard InChI is InChI=1S/C8H11FN2O2S/c9-8-3-1-2-7(6-8)4-5-11-14(10,12)13/h1-3,6,11H,4-5H2,(H2,10,12,13). The fourth-order valence-electron chi connectivity index (χ4n) is 1.03. The molecule has 4 nitrogen and oxygen atoms in total. The minimum absolute atomic E-state index is 0.169. The molecule has 0 aromatic heterocycles. The molecule has 0 atom stereocenters. The van der Waals surface area contributed by atoms with E-state index in [9.17, 15) is 12.8 Å². The number of nitrogens with two attached hydrogens (primary N) is 1. The zero-order valence-corrected chi connectivity index (χ0v) is 8.22. The van der Waals surface area contributed by atoms with Gasteiger partial charge in [0.15, 0.2) is 0 Å². The average Bonchev–Trinajstić information content (AvgIpc) is 2.01. The number of hydrogen-bond acceptors (Lipinski definition) is 2. The predicted octanol–water partition coefficient (Wildman–Crippen LogP) is 0.161. The van der Waals surface area contributed by atoms with Crippen molar-refractivity contribution in [2.45, 2.75) is 6.42 Å². The van der Waals surface area contributed by atoms with Crippen LogP contribution >= 0.6 is 0 Å². The molecule has 0 aliphatic heterocycles. The third kappa shape index (κ3) is 4.31. The van der Waals surface area contributed by atoms with E-state index in [0.29, 0.717) is 6.42 Å². The molecular weight excluding hydrogens is 207 g/mol. The largest absolute Gasteiger partial charge is 0.274 e. The summed E-state index contributed by atoms with van der Waals surface area (Å²) >= 11 is 0. The second kappa shape index (κ2) is 4.50. The Hall–Kier alpha value is -0.980. The maximum Gasteiger partial charge on any atom is 0.274 e. The van der Waals surface area contributed by atoms with Crippen LogP contribution in [0.25, 0.3) is 0 Å². The quantitative estimate of drug-likeness (QED) is 0.755. The van der Waals surface area contributed by atoms with Gasteiger partial charge in [-0.2, -0.15) is 8.42 Å². The van der Waals surface area contributed by atoms with Crippen LogP contribution in [0.5, 0.6) is 0 Å². The molecule has 0 bridgehead atoms. The summed E-state index contributed by atoms with van der Waals surface area (Å²) in [5.41, 5.74) is 0.723. The summed E-state index contributed by atoms with van der Waals surface area (Å²) in [6.45, 7) is 0.169. The van der Waals surface area contributed by atoms with Crippen molar-refractivity contribution in [1.82, 2.24) is 4.72 Å². The second-order valence-electron chi connectivity index (χ2n) is 2.82. The third-order valence-corrected chi connectivity index (χ3v) is 2.21. The van der Waals surface area contributed by atoms with E-state index >= 15 is 0 Å². The van der Waals surface area contributed by atoms with E-state index in [2.05, 4.69) is 4.72 Å². The number of halogens is 1.